The van der Waals surface area contributed by atoms with Gasteiger partial charge in [0.1, 0.15) is 5.69 Å². The number of aromatic nitrogens is 2. The fourth-order valence-corrected chi connectivity index (χ4v) is 4.68. The van der Waals surface area contributed by atoms with Gasteiger partial charge in [-0.25, -0.2) is 9.97 Å². The van der Waals surface area contributed by atoms with Crippen molar-refractivity contribution in [3.8, 4) is 11.3 Å². The summed E-state index contributed by atoms with van der Waals surface area (Å²) in [5.74, 6) is 1.64. The zero-order valence-corrected chi connectivity index (χ0v) is 20.7. The Bertz CT molecular complexity index is 1110. The average Bonchev–Trinajstić information content (AvgIpc) is 3.19. The molecule has 0 saturated carbocycles. The van der Waals surface area contributed by atoms with Crippen LogP contribution >= 0.6 is 23.2 Å². The molecule has 1 aliphatic carbocycles. The number of nitrogens with zero attached hydrogens (tertiary/aromatic N) is 4. The monoisotopic (exact) mass is 485 g/mol. The van der Waals surface area contributed by atoms with Gasteiger partial charge >= 0.3 is 0 Å². The first kappa shape index (κ1) is 23.6. The molecule has 174 valence electrons. The number of hydrogen-bond donors (Lipinski definition) is 1. The van der Waals surface area contributed by atoms with Gasteiger partial charge < -0.3 is 20.3 Å². The number of hydrogen-bond acceptors (Lipinski definition) is 6. The normalized spacial score (nSPS) is 13.2. The van der Waals surface area contributed by atoms with Crippen LogP contribution in [0.2, 0.25) is 10.0 Å². The molecule has 0 amide bonds. The number of nitrogen functional groups attached to an aromatic ring is 1. The van der Waals surface area contributed by atoms with Gasteiger partial charge in [-0.1, -0.05) is 47.5 Å². The summed E-state index contributed by atoms with van der Waals surface area (Å²) >= 11 is 12.6. The molecule has 4 rings (SSSR count). The van der Waals surface area contributed by atoms with E-state index in [-0.39, 0.29) is 6.10 Å². The number of nitrogens with two attached hydrogens (primary N) is 1. The van der Waals surface area contributed by atoms with Crippen LogP contribution in [0.4, 0.5) is 17.5 Å². The number of anilines is 3. The van der Waals surface area contributed by atoms with Crippen molar-refractivity contribution in [3.63, 3.8) is 0 Å². The molecule has 0 bridgehead atoms. The van der Waals surface area contributed by atoms with Gasteiger partial charge in [0.05, 0.1) is 11.1 Å². The molecule has 2 N–H and O–H groups in total. The lowest BCUT2D eigenvalue weighted by molar-refractivity contribution is 0.0600. The van der Waals surface area contributed by atoms with Crippen molar-refractivity contribution in [1.82, 2.24) is 9.97 Å². The first-order valence-electron chi connectivity index (χ1n) is 11.0. The number of benzene rings is 2. The average molecular weight is 486 g/mol. The van der Waals surface area contributed by atoms with Crippen LogP contribution < -0.4 is 15.5 Å². The molecular formula is C25H29Cl2N5O. The van der Waals surface area contributed by atoms with Crippen molar-refractivity contribution in [2.75, 3.05) is 49.8 Å². The molecular weight excluding hydrogens is 457 g/mol. The van der Waals surface area contributed by atoms with Gasteiger partial charge in [0.2, 0.25) is 0 Å². The third-order valence-electron chi connectivity index (χ3n) is 5.86. The van der Waals surface area contributed by atoms with Crippen molar-refractivity contribution >= 4 is 40.7 Å². The Balaban J connectivity index is 1.46. The Labute approximate surface area is 205 Å². The van der Waals surface area contributed by atoms with E-state index < -0.39 is 0 Å². The number of ether oxygens (including phenoxy) is 1. The molecule has 8 heteroatoms. The second-order valence-electron chi connectivity index (χ2n) is 8.57. The minimum Gasteiger partial charge on any atom is -0.381 e. The summed E-state index contributed by atoms with van der Waals surface area (Å²) in [6.45, 7) is 1.42. The van der Waals surface area contributed by atoms with Crippen LogP contribution in [0.1, 0.15) is 17.5 Å². The topological polar surface area (TPSA) is 67.5 Å². The Hall–Kier alpha value is -2.54. The predicted molar refractivity (Wildman–Crippen MR) is 138 cm³/mol. The first-order valence-corrected chi connectivity index (χ1v) is 11.8. The third kappa shape index (κ3) is 5.35. The summed E-state index contributed by atoms with van der Waals surface area (Å²) in [4.78, 5) is 13.4. The Morgan fingerprint density at radius 3 is 2.33 bits per heavy atom. The molecule has 0 spiro atoms. The van der Waals surface area contributed by atoms with E-state index in [2.05, 4.69) is 34.1 Å². The maximum atomic E-state index is 6.51. The smallest absolute Gasteiger partial charge is 0.171 e. The van der Waals surface area contributed by atoms with Gasteiger partial charge in [0, 0.05) is 44.9 Å². The van der Waals surface area contributed by atoms with Gasteiger partial charge in [-0.05, 0) is 48.6 Å². The summed E-state index contributed by atoms with van der Waals surface area (Å²) in [5.41, 5.74) is 10.5. The van der Waals surface area contributed by atoms with Crippen molar-refractivity contribution < 1.29 is 4.74 Å². The van der Waals surface area contributed by atoms with E-state index in [9.17, 15) is 0 Å². The first-order chi connectivity index (χ1) is 15.8. The van der Waals surface area contributed by atoms with E-state index in [0.29, 0.717) is 39.8 Å². The standard InChI is InChI=1S/C25H29Cl2N5O/c1-31(2)25-23(28)30-24(22(29-25)20-10-9-18(26)15-21(20)27)32(3)11-6-12-33-19-13-16-7-4-5-8-17(16)14-19/h4-5,7-10,15,19H,6,11-14H2,1-3H3,(H2,28,30). The number of fused-ring (bicyclic) bond motifs is 1. The lowest BCUT2D eigenvalue weighted by Crippen LogP contribution is -2.25. The maximum Gasteiger partial charge on any atom is 0.171 e. The van der Waals surface area contributed by atoms with Gasteiger partial charge in [-0.15, -0.1) is 0 Å². The highest BCUT2D eigenvalue weighted by Crippen LogP contribution is 2.36. The van der Waals surface area contributed by atoms with Crippen molar-refractivity contribution in [2.45, 2.75) is 25.4 Å². The van der Waals surface area contributed by atoms with E-state index >= 15 is 0 Å². The van der Waals surface area contributed by atoms with E-state index in [0.717, 1.165) is 31.4 Å². The van der Waals surface area contributed by atoms with E-state index in [4.69, 9.17) is 38.7 Å². The van der Waals surface area contributed by atoms with E-state index in [1.54, 1.807) is 12.1 Å². The van der Waals surface area contributed by atoms with Gasteiger partial charge in [-0.2, -0.15) is 0 Å². The van der Waals surface area contributed by atoms with Crippen molar-refractivity contribution in [3.05, 3.63) is 63.6 Å². The Morgan fingerprint density at radius 1 is 1.00 bits per heavy atom. The van der Waals surface area contributed by atoms with Crippen LogP contribution in [0.5, 0.6) is 0 Å². The van der Waals surface area contributed by atoms with Crippen LogP contribution in [-0.2, 0) is 17.6 Å². The highest BCUT2D eigenvalue weighted by molar-refractivity contribution is 6.36. The molecule has 0 aliphatic heterocycles. The zero-order chi connectivity index (χ0) is 23.5. The summed E-state index contributed by atoms with van der Waals surface area (Å²) in [6, 6.07) is 13.9. The summed E-state index contributed by atoms with van der Waals surface area (Å²) in [7, 11) is 5.75. The number of halogens is 2. The van der Waals surface area contributed by atoms with Gasteiger partial charge in [0.25, 0.3) is 0 Å². The minimum absolute atomic E-state index is 0.256. The van der Waals surface area contributed by atoms with Crippen LogP contribution in [0.25, 0.3) is 11.3 Å². The molecule has 0 unspecified atom stereocenters. The zero-order valence-electron chi connectivity index (χ0n) is 19.2. The molecule has 1 aromatic heterocycles. The second-order valence-corrected chi connectivity index (χ2v) is 9.41. The highest BCUT2D eigenvalue weighted by atomic mass is 35.5. The highest BCUT2D eigenvalue weighted by Gasteiger charge is 2.22. The predicted octanol–water partition coefficient (Wildman–Crippen LogP) is 5.11. The van der Waals surface area contributed by atoms with E-state index in [1.165, 1.54) is 11.1 Å². The third-order valence-corrected chi connectivity index (χ3v) is 6.41. The van der Waals surface area contributed by atoms with Crippen LogP contribution in [0.3, 0.4) is 0 Å². The molecule has 1 heterocycles. The molecule has 3 aromatic rings. The largest absolute Gasteiger partial charge is 0.381 e. The fraction of sp³-hybridized carbons (Fsp3) is 0.360. The van der Waals surface area contributed by atoms with Crippen LogP contribution in [0, 0.1) is 0 Å². The molecule has 6 nitrogen and oxygen atoms in total. The van der Waals surface area contributed by atoms with Gasteiger partial charge in [-0.3, -0.25) is 0 Å². The Kier molecular flexibility index (Phi) is 7.27. The second kappa shape index (κ2) is 10.2. The molecule has 0 radical (unpaired) electrons. The molecule has 2 aromatic carbocycles. The quantitative estimate of drug-likeness (QED) is 0.447. The molecule has 0 saturated heterocycles. The molecule has 1 aliphatic rings. The minimum atomic E-state index is 0.256. The van der Waals surface area contributed by atoms with Crippen molar-refractivity contribution in [1.29, 1.82) is 0 Å². The summed E-state index contributed by atoms with van der Waals surface area (Å²) < 4.78 is 6.16. The molecule has 0 fully saturated rings. The number of rotatable bonds is 8. The lowest BCUT2D eigenvalue weighted by Gasteiger charge is -2.24. The summed E-state index contributed by atoms with van der Waals surface area (Å²) in [5, 5.41) is 1.09. The van der Waals surface area contributed by atoms with Crippen molar-refractivity contribution in [2.24, 2.45) is 0 Å². The Morgan fingerprint density at radius 2 is 1.70 bits per heavy atom. The molecule has 33 heavy (non-hydrogen) atoms. The van der Waals surface area contributed by atoms with Crippen LogP contribution in [0.15, 0.2) is 42.5 Å². The van der Waals surface area contributed by atoms with E-state index in [1.807, 2.05) is 32.1 Å². The fourth-order valence-electron chi connectivity index (χ4n) is 4.18. The van der Waals surface area contributed by atoms with Gasteiger partial charge in [0.15, 0.2) is 17.5 Å². The molecule has 0 atom stereocenters. The lowest BCUT2D eigenvalue weighted by atomic mass is 10.1. The summed E-state index contributed by atoms with van der Waals surface area (Å²) in [6.07, 6.45) is 3.08. The van der Waals surface area contributed by atoms with Crippen LogP contribution in [-0.4, -0.2) is 50.4 Å². The maximum absolute atomic E-state index is 6.51. The SMILES string of the molecule is CN(C)c1nc(-c2ccc(Cl)cc2Cl)c(N(C)CCCOC2Cc3ccccc3C2)nc1N.